The standard InChI is InChI=1S/C19H19NO2S/c21-17(14-6-2-1-3-7-14)10-11-19(22)20-16-12-13-23-18-9-5-4-8-15(16)18/h1-9,16H,10-13H2,(H,20,22). The second kappa shape index (κ2) is 7.47. The molecular weight excluding hydrogens is 306 g/mol. The van der Waals surface area contributed by atoms with Crippen molar-refractivity contribution in [3.8, 4) is 0 Å². The molecular formula is C19H19NO2S. The van der Waals surface area contributed by atoms with E-state index in [-0.39, 0.29) is 30.6 Å². The highest BCUT2D eigenvalue weighted by molar-refractivity contribution is 7.99. The third-order valence-corrected chi connectivity index (χ3v) is 5.09. The van der Waals surface area contributed by atoms with Crippen molar-refractivity contribution < 1.29 is 9.59 Å². The SMILES string of the molecule is O=C(CCC(=O)c1ccccc1)NC1CCSc2ccccc21. The Balaban J connectivity index is 1.55. The van der Waals surface area contributed by atoms with Crippen LogP contribution < -0.4 is 5.32 Å². The molecule has 23 heavy (non-hydrogen) atoms. The van der Waals surface area contributed by atoms with Crippen LogP contribution in [0.25, 0.3) is 0 Å². The maximum Gasteiger partial charge on any atom is 0.220 e. The van der Waals surface area contributed by atoms with Gasteiger partial charge in [0.1, 0.15) is 0 Å². The van der Waals surface area contributed by atoms with E-state index in [0.717, 1.165) is 12.2 Å². The molecule has 3 rings (SSSR count). The van der Waals surface area contributed by atoms with Crippen molar-refractivity contribution in [2.75, 3.05) is 5.75 Å². The Morgan fingerprint density at radius 1 is 1.00 bits per heavy atom. The number of hydrogen-bond acceptors (Lipinski definition) is 3. The van der Waals surface area contributed by atoms with Crippen molar-refractivity contribution in [3.05, 3.63) is 65.7 Å². The maximum atomic E-state index is 12.2. The first-order valence-corrected chi connectivity index (χ1v) is 8.82. The fourth-order valence-electron chi connectivity index (χ4n) is 2.75. The zero-order valence-corrected chi connectivity index (χ0v) is 13.6. The van der Waals surface area contributed by atoms with E-state index in [0.29, 0.717) is 5.56 Å². The number of fused-ring (bicyclic) bond motifs is 1. The minimum Gasteiger partial charge on any atom is -0.349 e. The summed E-state index contributed by atoms with van der Waals surface area (Å²) in [6.45, 7) is 0. The number of benzene rings is 2. The van der Waals surface area contributed by atoms with E-state index in [9.17, 15) is 9.59 Å². The number of rotatable bonds is 5. The van der Waals surface area contributed by atoms with Crippen LogP contribution in [0.1, 0.15) is 41.2 Å². The molecule has 1 atom stereocenters. The molecule has 1 unspecified atom stereocenters. The first-order valence-electron chi connectivity index (χ1n) is 7.83. The average Bonchev–Trinajstić information content (AvgIpc) is 2.61. The molecule has 0 aliphatic carbocycles. The lowest BCUT2D eigenvalue weighted by Gasteiger charge is -2.25. The molecule has 0 bridgehead atoms. The van der Waals surface area contributed by atoms with Crippen LogP contribution in [-0.4, -0.2) is 17.4 Å². The first-order chi connectivity index (χ1) is 11.2. The zero-order valence-electron chi connectivity index (χ0n) is 12.8. The Labute approximate surface area is 140 Å². The summed E-state index contributed by atoms with van der Waals surface area (Å²) in [4.78, 5) is 25.5. The smallest absolute Gasteiger partial charge is 0.220 e. The summed E-state index contributed by atoms with van der Waals surface area (Å²) in [5, 5.41) is 3.08. The fraction of sp³-hybridized carbons (Fsp3) is 0.263. The zero-order chi connectivity index (χ0) is 16.1. The van der Waals surface area contributed by atoms with E-state index in [1.54, 1.807) is 12.1 Å². The van der Waals surface area contributed by atoms with E-state index in [1.165, 1.54) is 10.5 Å². The van der Waals surface area contributed by atoms with E-state index >= 15 is 0 Å². The number of ketones is 1. The number of carbonyl (C=O) groups is 2. The van der Waals surface area contributed by atoms with E-state index in [1.807, 2.05) is 42.1 Å². The largest absolute Gasteiger partial charge is 0.349 e. The van der Waals surface area contributed by atoms with Gasteiger partial charge in [0.15, 0.2) is 5.78 Å². The molecule has 0 radical (unpaired) electrons. The molecule has 3 nitrogen and oxygen atoms in total. The van der Waals surface area contributed by atoms with Crippen LogP contribution >= 0.6 is 11.8 Å². The molecule has 0 spiro atoms. The fourth-order valence-corrected chi connectivity index (χ4v) is 3.88. The minimum absolute atomic E-state index is 0.0142. The molecule has 1 heterocycles. The monoisotopic (exact) mass is 325 g/mol. The van der Waals surface area contributed by atoms with Gasteiger partial charge in [-0.2, -0.15) is 0 Å². The van der Waals surface area contributed by atoms with Crippen molar-refractivity contribution in [2.24, 2.45) is 0 Å². The van der Waals surface area contributed by atoms with Gasteiger partial charge >= 0.3 is 0 Å². The highest BCUT2D eigenvalue weighted by Crippen LogP contribution is 2.35. The van der Waals surface area contributed by atoms with Gasteiger partial charge in [-0.25, -0.2) is 0 Å². The predicted octanol–water partition coefficient (Wildman–Crippen LogP) is 4.00. The van der Waals surface area contributed by atoms with Gasteiger partial charge in [-0.3, -0.25) is 9.59 Å². The lowest BCUT2D eigenvalue weighted by molar-refractivity contribution is -0.121. The topological polar surface area (TPSA) is 46.2 Å². The first kappa shape index (κ1) is 15.8. The number of nitrogens with one attached hydrogen (secondary N) is 1. The molecule has 0 saturated carbocycles. The quantitative estimate of drug-likeness (QED) is 0.845. The molecule has 2 aromatic carbocycles. The Morgan fingerprint density at radius 2 is 1.74 bits per heavy atom. The van der Waals surface area contributed by atoms with E-state index < -0.39 is 0 Å². The Bertz CT molecular complexity index is 700. The molecule has 118 valence electrons. The van der Waals surface area contributed by atoms with Crippen LogP contribution in [-0.2, 0) is 4.79 Å². The summed E-state index contributed by atoms with van der Waals surface area (Å²) in [7, 11) is 0. The Kier molecular flexibility index (Phi) is 5.13. The third kappa shape index (κ3) is 4.02. The van der Waals surface area contributed by atoms with Crippen LogP contribution in [0.2, 0.25) is 0 Å². The third-order valence-electron chi connectivity index (χ3n) is 3.97. The summed E-state index contributed by atoms with van der Waals surface area (Å²) < 4.78 is 0. The number of thioether (sulfide) groups is 1. The van der Waals surface area contributed by atoms with Gasteiger partial charge in [-0.15, -0.1) is 11.8 Å². The molecule has 2 aromatic rings. The average molecular weight is 325 g/mol. The molecule has 1 aliphatic heterocycles. The molecule has 1 aliphatic rings. The number of hydrogen-bond donors (Lipinski definition) is 1. The number of amides is 1. The van der Waals surface area contributed by atoms with Gasteiger partial charge in [0.25, 0.3) is 0 Å². The molecule has 1 amide bonds. The summed E-state index contributed by atoms with van der Waals surface area (Å²) in [6.07, 6.45) is 1.42. The lowest BCUT2D eigenvalue weighted by atomic mass is 10.0. The van der Waals surface area contributed by atoms with Crippen molar-refractivity contribution >= 4 is 23.5 Å². The van der Waals surface area contributed by atoms with Gasteiger partial charge in [-0.1, -0.05) is 48.5 Å². The van der Waals surface area contributed by atoms with Crippen LogP contribution in [0.4, 0.5) is 0 Å². The second-order valence-electron chi connectivity index (χ2n) is 5.58. The van der Waals surface area contributed by atoms with Crippen molar-refractivity contribution in [2.45, 2.75) is 30.2 Å². The number of carbonyl (C=O) groups excluding carboxylic acids is 2. The van der Waals surface area contributed by atoms with Crippen molar-refractivity contribution in [1.29, 1.82) is 0 Å². The normalized spacial score (nSPS) is 16.4. The van der Waals surface area contributed by atoms with E-state index in [2.05, 4.69) is 17.4 Å². The van der Waals surface area contributed by atoms with Crippen LogP contribution in [0.3, 0.4) is 0 Å². The number of Topliss-reactive ketones (excluding diaryl/α,β-unsaturated/α-hetero) is 1. The molecule has 0 fully saturated rings. The summed E-state index contributed by atoms with van der Waals surface area (Å²) in [6, 6.07) is 17.4. The highest BCUT2D eigenvalue weighted by atomic mass is 32.2. The maximum absolute atomic E-state index is 12.2. The summed E-state index contributed by atoms with van der Waals surface area (Å²) in [5.41, 5.74) is 1.85. The van der Waals surface area contributed by atoms with Crippen LogP contribution in [0.5, 0.6) is 0 Å². The highest BCUT2D eigenvalue weighted by Gasteiger charge is 2.22. The van der Waals surface area contributed by atoms with Gasteiger partial charge in [0, 0.05) is 29.1 Å². The predicted molar refractivity (Wildman–Crippen MR) is 92.7 cm³/mol. The van der Waals surface area contributed by atoms with Crippen molar-refractivity contribution in [1.82, 2.24) is 5.32 Å². The second-order valence-corrected chi connectivity index (χ2v) is 6.72. The van der Waals surface area contributed by atoms with Gasteiger partial charge < -0.3 is 5.32 Å². The Hall–Kier alpha value is -2.07. The van der Waals surface area contributed by atoms with Crippen molar-refractivity contribution in [3.63, 3.8) is 0 Å². The Morgan fingerprint density at radius 3 is 2.57 bits per heavy atom. The molecule has 0 aromatic heterocycles. The molecule has 4 heteroatoms. The van der Waals surface area contributed by atoms with Crippen LogP contribution in [0.15, 0.2) is 59.5 Å². The minimum atomic E-state index is -0.0546. The van der Waals surface area contributed by atoms with E-state index in [4.69, 9.17) is 0 Å². The summed E-state index contributed by atoms with van der Waals surface area (Å²) >= 11 is 1.83. The summed E-state index contributed by atoms with van der Waals surface area (Å²) in [5.74, 6) is 0.964. The molecule has 0 saturated heterocycles. The van der Waals surface area contributed by atoms with Gasteiger partial charge in [0.2, 0.25) is 5.91 Å². The van der Waals surface area contributed by atoms with Crippen LogP contribution in [0, 0.1) is 0 Å². The van der Waals surface area contributed by atoms with Gasteiger partial charge in [-0.05, 0) is 18.1 Å². The lowest BCUT2D eigenvalue weighted by Crippen LogP contribution is -2.30. The van der Waals surface area contributed by atoms with Gasteiger partial charge in [0.05, 0.1) is 6.04 Å². The molecule has 1 N–H and O–H groups in total.